The van der Waals surface area contributed by atoms with Crippen molar-refractivity contribution in [2.75, 3.05) is 13.1 Å². The molecule has 0 spiro atoms. The highest BCUT2D eigenvalue weighted by Crippen LogP contribution is 2.21. The molecule has 1 saturated heterocycles. The Bertz CT molecular complexity index is 519. The third-order valence-corrected chi connectivity index (χ3v) is 4.90. The first kappa shape index (κ1) is 12.7. The minimum absolute atomic E-state index is 0.186. The van der Waals surface area contributed by atoms with Crippen molar-refractivity contribution < 1.29 is 8.42 Å². The SMILES string of the molecule is O=S(=O)(C1=C=CC=C(Cl)C=C1)N1CCCCC1. The molecule has 0 aromatic rings. The van der Waals surface area contributed by atoms with Crippen LogP contribution in [0.25, 0.3) is 0 Å². The molecule has 3 nitrogen and oxygen atoms in total. The fraction of sp³-hybridized carbons (Fsp3) is 0.417. The largest absolute Gasteiger partial charge is 0.250 e. The number of allylic oxidation sites excluding steroid dienone is 4. The van der Waals surface area contributed by atoms with E-state index >= 15 is 0 Å². The lowest BCUT2D eigenvalue weighted by atomic mass is 10.2. The van der Waals surface area contributed by atoms with Crippen molar-refractivity contribution >= 4 is 21.6 Å². The van der Waals surface area contributed by atoms with Crippen LogP contribution in [-0.4, -0.2) is 25.8 Å². The third kappa shape index (κ3) is 2.90. The van der Waals surface area contributed by atoms with Gasteiger partial charge in [-0.25, -0.2) is 8.42 Å². The molecule has 92 valence electrons. The van der Waals surface area contributed by atoms with Crippen LogP contribution in [-0.2, 0) is 10.0 Å². The number of hydrogen-bond donors (Lipinski definition) is 0. The van der Waals surface area contributed by atoms with Crippen molar-refractivity contribution in [3.63, 3.8) is 0 Å². The summed E-state index contributed by atoms with van der Waals surface area (Å²) in [7, 11) is -3.40. The Labute approximate surface area is 107 Å². The van der Waals surface area contributed by atoms with Gasteiger partial charge in [0.2, 0.25) is 10.0 Å². The van der Waals surface area contributed by atoms with Crippen molar-refractivity contribution in [1.29, 1.82) is 0 Å². The summed E-state index contributed by atoms with van der Waals surface area (Å²) in [4.78, 5) is 0.186. The van der Waals surface area contributed by atoms with E-state index in [0.717, 1.165) is 19.3 Å². The zero-order chi connectivity index (χ0) is 12.3. The monoisotopic (exact) mass is 271 g/mol. The summed E-state index contributed by atoms with van der Waals surface area (Å²) >= 11 is 5.80. The Balaban J connectivity index is 2.28. The first-order valence-corrected chi connectivity index (χ1v) is 7.43. The lowest BCUT2D eigenvalue weighted by Gasteiger charge is -2.25. The van der Waals surface area contributed by atoms with Crippen molar-refractivity contribution in [2.24, 2.45) is 0 Å². The van der Waals surface area contributed by atoms with Crippen molar-refractivity contribution in [3.8, 4) is 0 Å². The van der Waals surface area contributed by atoms with Crippen LogP contribution < -0.4 is 0 Å². The van der Waals surface area contributed by atoms with Crippen LogP contribution in [0.2, 0.25) is 0 Å². The van der Waals surface area contributed by atoms with Crippen molar-refractivity contribution in [1.82, 2.24) is 4.31 Å². The maximum atomic E-state index is 12.3. The molecular formula is C12H14ClNO2S. The first-order chi connectivity index (χ1) is 8.10. The van der Waals surface area contributed by atoms with Gasteiger partial charge in [0, 0.05) is 18.1 Å². The summed E-state index contributed by atoms with van der Waals surface area (Å²) in [6.07, 6.45) is 9.21. The molecule has 17 heavy (non-hydrogen) atoms. The standard InChI is InChI=1S/C12H14ClNO2S/c13-11-5-4-6-12(8-7-11)17(15,16)14-9-2-1-3-10-14/h4-5,7-8H,1-3,9-10H2. The number of halogens is 1. The van der Waals surface area contributed by atoms with E-state index in [1.165, 1.54) is 10.4 Å². The molecule has 0 unspecified atom stereocenters. The summed E-state index contributed by atoms with van der Waals surface area (Å²) in [6, 6.07) is 0. The zero-order valence-corrected chi connectivity index (χ0v) is 11.0. The number of rotatable bonds is 2. The molecule has 1 aliphatic carbocycles. The Kier molecular flexibility index (Phi) is 3.89. The predicted molar refractivity (Wildman–Crippen MR) is 69.0 cm³/mol. The molecule has 0 saturated carbocycles. The maximum Gasteiger partial charge on any atom is 0.250 e. The van der Waals surface area contributed by atoms with E-state index in [1.54, 1.807) is 18.2 Å². The van der Waals surface area contributed by atoms with E-state index in [2.05, 4.69) is 5.73 Å². The summed E-state index contributed by atoms with van der Waals surface area (Å²) in [5.41, 5.74) is 2.76. The van der Waals surface area contributed by atoms with E-state index in [1.807, 2.05) is 0 Å². The lowest BCUT2D eigenvalue weighted by molar-refractivity contribution is 0.350. The molecule has 1 fully saturated rings. The third-order valence-electron chi connectivity index (χ3n) is 2.79. The van der Waals surface area contributed by atoms with E-state index < -0.39 is 10.0 Å². The Morgan fingerprint density at radius 3 is 2.59 bits per heavy atom. The van der Waals surface area contributed by atoms with Gasteiger partial charge in [-0.1, -0.05) is 23.8 Å². The van der Waals surface area contributed by atoms with Crippen molar-refractivity contribution in [3.05, 3.63) is 40.0 Å². The van der Waals surface area contributed by atoms with Gasteiger partial charge in [-0.3, -0.25) is 0 Å². The van der Waals surface area contributed by atoms with Gasteiger partial charge < -0.3 is 0 Å². The first-order valence-electron chi connectivity index (χ1n) is 5.61. The lowest BCUT2D eigenvalue weighted by Crippen LogP contribution is -2.35. The molecule has 0 aromatic heterocycles. The van der Waals surface area contributed by atoms with Gasteiger partial charge in [0.05, 0.1) is 0 Å². The molecule has 5 heteroatoms. The molecule has 0 N–H and O–H groups in total. The molecule has 2 rings (SSSR count). The van der Waals surface area contributed by atoms with E-state index in [-0.39, 0.29) is 4.91 Å². The van der Waals surface area contributed by atoms with Gasteiger partial charge in [-0.2, -0.15) is 4.31 Å². The highest BCUT2D eigenvalue weighted by Gasteiger charge is 2.26. The van der Waals surface area contributed by atoms with Crippen molar-refractivity contribution in [2.45, 2.75) is 19.3 Å². The second-order valence-electron chi connectivity index (χ2n) is 4.02. The summed E-state index contributed by atoms with van der Waals surface area (Å²) in [5, 5.41) is 0.501. The van der Waals surface area contributed by atoms with Crippen LogP contribution in [0.3, 0.4) is 0 Å². The summed E-state index contributed by atoms with van der Waals surface area (Å²) in [5.74, 6) is 0. The van der Waals surface area contributed by atoms with E-state index in [9.17, 15) is 8.42 Å². The van der Waals surface area contributed by atoms with Gasteiger partial charge in [0.15, 0.2) is 0 Å². The van der Waals surface area contributed by atoms with Gasteiger partial charge in [0.1, 0.15) is 4.91 Å². The zero-order valence-electron chi connectivity index (χ0n) is 9.39. The molecular weight excluding hydrogens is 258 g/mol. The van der Waals surface area contributed by atoms with Gasteiger partial charge in [0.25, 0.3) is 0 Å². The Morgan fingerprint density at radius 1 is 1.18 bits per heavy atom. The molecule has 1 aliphatic heterocycles. The normalized spacial score (nSPS) is 21.9. The highest BCUT2D eigenvalue weighted by molar-refractivity contribution is 7.93. The second kappa shape index (κ2) is 5.23. The molecule has 0 aromatic carbocycles. The topological polar surface area (TPSA) is 37.4 Å². The molecule has 0 amide bonds. The Morgan fingerprint density at radius 2 is 1.88 bits per heavy atom. The fourth-order valence-electron chi connectivity index (χ4n) is 1.87. The number of hydrogen-bond acceptors (Lipinski definition) is 2. The minimum Gasteiger partial charge on any atom is -0.206 e. The summed E-state index contributed by atoms with van der Waals surface area (Å²) in [6.45, 7) is 1.20. The van der Waals surface area contributed by atoms with Crippen LogP contribution in [0.1, 0.15) is 19.3 Å². The minimum atomic E-state index is -3.40. The molecule has 1 heterocycles. The summed E-state index contributed by atoms with van der Waals surface area (Å²) < 4.78 is 26.1. The van der Waals surface area contributed by atoms with E-state index in [4.69, 9.17) is 11.6 Å². The van der Waals surface area contributed by atoms with Crippen LogP contribution >= 0.6 is 11.6 Å². The highest BCUT2D eigenvalue weighted by atomic mass is 35.5. The molecule has 2 aliphatic rings. The fourth-order valence-corrected chi connectivity index (χ4v) is 3.47. The Hall–Kier alpha value is -0.800. The van der Waals surface area contributed by atoms with Crippen LogP contribution in [0.5, 0.6) is 0 Å². The smallest absolute Gasteiger partial charge is 0.206 e. The number of sulfonamides is 1. The quantitative estimate of drug-likeness (QED) is 0.724. The average molecular weight is 272 g/mol. The van der Waals surface area contributed by atoms with E-state index in [0.29, 0.717) is 18.1 Å². The number of piperidine rings is 1. The number of nitrogens with zero attached hydrogens (tertiary/aromatic N) is 1. The molecule has 0 radical (unpaired) electrons. The van der Waals surface area contributed by atoms with Crippen LogP contribution in [0.4, 0.5) is 0 Å². The second-order valence-corrected chi connectivity index (χ2v) is 6.37. The average Bonchev–Trinajstić information content (AvgIpc) is 2.55. The van der Waals surface area contributed by atoms with Gasteiger partial charge in [-0.15, -0.1) is 0 Å². The molecule has 0 atom stereocenters. The predicted octanol–water partition coefficient (Wildman–Crippen LogP) is 2.53. The van der Waals surface area contributed by atoms with Crippen LogP contribution in [0, 0.1) is 0 Å². The molecule has 0 bridgehead atoms. The maximum absolute atomic E-state index is 12.3. The van der Waals surface area contributed by atoms with Crippen LogP contribution in [0.15, 0.2) is 40.0 Å². The van der Waals surface area contributed by atoms with Gasteiger partial charge >= 0.3 is 0 Å². The van der Waals surface area contributed by atoms with Gasteiger partial charge in [-0.05, 0) is 37.1 Å².